The van der Waals surface area contributed by atoms with Crippen molar-refractivity contribution in [3.05, 3.63) is 144 Å². The van der Waals surface area contributed by atoms with Gasteiger partial charge in [0.05, 0.1) is 50.2 Å². The van der Waals surface area contributed by atoms with E-state index in [0.29, 0.717) is 48.2 Å². The monoisotopic (exact) mass is 1140 g/mol. The predicted octanol–water partition coefficient (Wildman–Crippen LogP) is 5.72. The number of benzene rings is 4. The molecular weight excluding hydrogens is 1060 g/mol. The molecule has 20 heteroatoms. The minimum atomic E-state index is -1.26. The van der Waals surface area contributed by atoms with Gasteiger partial charge in [0.2, 0.25) is 47.3 Å². The van der Waals surface area contributed by atoms with Gasteiger partial charge in [0.1, 0.15) is 32.7 Å². The van der Waals surface area contributed by atoms with Crippen LogP contribution in [0.15, 0.2) is 121 Å². The molecule has 0 unspecified atom stereocenters. The van der Waals surface area contributed by atoms with Crippen LogP contribution in [0.2, 0.25) is 0 Å². The molecule has 0 saturated carbocycles. The van der Waals surface area contributed by atoms with Gasteiger partial charge in [-0.3, -0.25) is 43.2 Å². The molecule has 6 N–H and O–H groups in total. The fourth-order valence-corrected chi connectivity index (χ4v) is 9.66. The minimum Gasteiger partial charge on any atom is -0.481 e. The molecule has 0 heterocycles. The smallest absolute Gasteiger partial charge is 0.305 e. The van der Waals surface area contributed by atoms with Crippen molar-refractivity contribution in [2.45, 2.75) is 124 Å². The average molecular weight is 1150 g/mol. The molecule has 0 fully saturated rings. The molecule has 4 aromatic rings. The Morgan fingerprint density at radius 3 is 1.08 bits per heavy atom. The number of hydrogen-bond acceptors (Lipinski definition) is 11. The standard InChI is InChI=1S/C63H88N10O10/c1-9-45(3)68(56(75)37-66-35-24-23-34-64)41-59(78)69(46(4)10-2)42-60(79)73(50(8)54-31-21-14-22-32-54)44-62(81)71(48(6)52-27-17-12-18-28-52)40-57(76)67(36-33-63(82)83)39-58(77)72(49(7)53-29-19-13-20-30-53)43-61(80)70(38-55(65)74)47(5)51-25-15-11-16-26-51/h11-22,25-32,45-50,66H,9-10,23-24,33-44,64H2,1-8H3,(H2,65,74)(H,82,83)/t45-,46-,47-,48-,49-,50-/m0/s1. The van der Waals surface area contributed by atoms with Gasteiger partial charge in [-0.25, -0.2) is 0 Å². The Morgan fingerprint density at radius 2 is 0.747 bits per heavy atom. The largest absolute Gasteiger partial charge is 0.481 e. The minimum absolute atomic E-state index is 0.0173. The number of unbranched alkanes of at least 4 members (excludes halogenated alkanes) is 1. The summed E-state index contributed by atoms with van der Waals surface area (Å²) in [6.45, 7) is 11.4. The van der Waals surface area contributed by atoms with Gasteiger partial charge >= 0.3 is 5.97 Å². The molecule has 0 saturated heterocycles. The highest BCUT2D eigenvalue weighted by atomic mass is 16.4. The summed E-state index contributed by atoms with van der Waals surface area (Å²) in [6.07, 6.45) is 2.06. The molecule has 83 heavy (non-hydrogen) atoms. The van der Waals surface area contributed by atoms with E-state index < -0.39 is 130 Å². The number of nitrogens with one attached hydrogen (secondary N) is 1. The fourth-order valence-electron chi connectivity index (χ4n) is 9.66. The van der Waals surface area contributed by atoms with Gasteiger partial charge in [-0.15, -0.1) is 0 Å². The lowest BCUT2D eigenvalue weighted by Gasteiger charge is -2.38. The molecule has 0 spiro atoms. The molecule has 8 amide bonds. The molecule has 0 aromatic heterocycles. The van der Waals surface area contributed by atoms with E-state index >= 15 is 9.59 Å². The molecule has 4 aromatic carbocycles. The van der Waals surface area contributed by atoms with Gasteiger partial charge in [-0.2, -0.15) is 0 Å². The molecule has 6 atom stereocenters. The number of carboxylic acid groups (broad SMARTS) is 1. The summed E-state index contributed by atoms with van der Waals surface area (Å²) >= 11 is 0. The summed E-state index contributed by atoms with van der Waals surface area (Å²) in [5, 5.41) is 13.1. The second kappa shape index (κ2) is 34.5. The van der Waals surface area contributed by atoms with Crippen LogP contribution in [0.25, 0.3) is 0 Å². The zero-order valence-electron chi connectivity index (χ0n) is 49.7. The topological polar surface area (TPSA) is 261 Å². The third kappa shape index (κ3) is 20.8. The number of carboxylic acids is 1. The van der Waals surface area contributed by atoms with E-state index in [1.807, 2.05) is 52.0 Å². The Hall–Kier alpha value is -7.97. The van der Waals surface area contributed by atoms with Crippen molar-refractivity contribution in [1.29, 1.82) is 0 Å². The fraction of sp³-hybridized carbons (Fsp3) is 0.476. The van der Waals surface area contributed by atoms with Crippen molar-refractivity contribution in [2.75, 3.05) is 72.0 Å². The number of nitrogens with two attached hydrogens (primary N) is 2. The highest BCUT2D eigenvalue weighted by Crippen LogP contribution is 2.27. The van der Waals surface area contributed by atoms with Crippen LogP contribution >= 0.6 is 0 Å². The number of nitrogens with zero attached hydrogens (tertiary/aromatic N) is 7. The highest BCUT2D eigenvalue weighted by Gasteiger charge is 2.36. The van der Waals surface area contributed by atoms with Crippen LogP contribution in [0, 0.1) is 0 Å². The summed E-state index contributed by atoms with van der Waals surface area (Å²) in [5.74, 6) is -6.14. The van der Waals surface area contributed by atoms with Gasteiger partial charge in [0.15, 0.2) is 0 Å². The van der Waals surface area contributed by atoms with Crippen LogP contribution in [0.4, 0.5) is 0 Å². The van der Waals surface area contributed by atoms with Gasteiger partial charge in [-0.05, 0) is 103 Å². The van der Waals surface area contributed by atoms with Crippen molar-refractivity contribution >= 4 is 53.2 Å². The van der Waals surface area contributed by atoms with Crippen molar-refractivity contribution < 1.29 is 48.3 Å². The third-order valence-electron chi connectivity index (χ3n) is 15.4. The zero-order valence-corrected chi connectivity index (χ0v) is 49.7. The number of rotatable bonds is 35. The number of aliphatic carboxylic acids is 1. The Labute approximate surface area is 490 Å². The number of hydrogen-bond donors (Lipinski definition) is 4. The number of primary amides is 1. The summed E-state index contributed by atoms with van der Waals surface area (Å²) in [4.78, 5) is 137. The Balaban J connectivity index is 1.74. The number of carbonyl (C=O) groups is 9. The second-order valence-corrected chi connectivity index (χ2v) is 21.1. The number of amides is 8. The maximum Gasteiger partial charge on any atom is 0.305 e. The van der Waals surface area contributed by atoms with Gasteiger partial charge in [-0.1, -0.05) is 135 Å². The lowest BCUT2D eigenvalue weighted by atomic mass is 10.0. The lowest BCUT2D eigenvalue weighted by molar-refractivity contribution is -0.152. The summed E-state index contributed by atoms with van der Waals surface area (Å²) < 4.78 is 0. The van der Waals surface area contributed by atoms with E-state index in [1.54, 1.807) is 125 Å². The maximum atomic E-state index is 15.3. The molecule has 0 radical (unpaired) electrons. The van der Waals surface area contributed by atoms with E-state index in [0.717, 1.165) is 17.7 Å². The predicted molar refractivity (Wildman–Crippen MR) is 318 cm³/mol. The first-order chi connectivity index (χ1) is 39.6. The quantitative estimate of drug-likeness (QED) is 0.0404. The highest BCUT2D eigenvalue weighted by molar-refractivity contribution is 5.94. The van der Waals surface area contributed by atoms with Crippen LogP contribution < -0.4 is 16.8 Å². The molecule has 0 aliphatic carbocycles. The van der Waals surface area contributed by atoms with Crippen molar-refractivity contribution in [2.24, 2.45) is 11.5 Å². The van der Waals surface area contributed by atoms with Crippen molar-refractivity contribution in [1.82, 2.24) is 39.6 Å². The molecule has 0 bridgehead atoms. The van der Waals surface area contributed by atoms with Crippen molar-refractivity contribution in [3.8, 4) is 0 Å². The van der Waals surface area contributed by atoms with Crippen LogP contribution in [0.3, 0.4) is 0 Å². The van der Waals surface area contributed by atoms with E-state index in [-0.39, 0.29) is 25.0 Å². The molecular formula is C63H88N10O10. The maximum absolute atomic E-state index is 15.3. The Kier molecular flexibility index (Phi) is 28.0. The van der Waals surface area contributed by atoms with Crippen LogP contribution in [0.5, 0.6) is 0 Å². The Morgan fingerprint density at radius 1 is 0.434 bits per heavy atom. The average Bonchev–Trinajstić information content (AvgIpc) is 3.57. The first-order valence-electron chi connectivity index (χ1n) is 28.8. The van der Waals surface area contributed by atoms with Crippen molar-refractivity contribution in [3.63, 3.8) is 0 Å². The van der Waals surface area contributed by atoms with Crippen LogP contribution in [-0.2, 0) is 43.2 Å². The van der Waals surface area contributed by atoms with Crippen LogP contribution in [-0.4, -0.2) is 177 Å². The first-order valence-corrected chi connectivity index (χ1v) is 28.8. The normalized spacial score (nSPS) is 13.2. The van der Waals surface area contributed by atoms with Crippen LogP contribution in [0.1, 0.15) is 134 Å². The lowest BCUT2D eigenvalue weighted by Crippen LogP contribution is -2.54. The van der Waals surface area contributed by atoms with E-state index in [2.05, 4.69) is 5.32 Å². The van der Waals surface area contributed by atoms with Gasteiger partial charge in [0, 0.05) is 18.6 Å². The third-order valence-corrected chi connectivity index (χ3v) is 15.4. The van der Waals surface area contributed by atoms with E-state index in [1.165, 1.54) is 29.4 Å². The summed E-state index contributed by atoms with van der Waals surface area (Å²) in [6, 6.07) is 32.1. The van der Waals surface area contributed by atoms with E-state index in [9.17, 15) is 38.7 Å². The second-order valence-electron chi connectivity index (χ2n) is 21.1. The van der Waals surface area contributed by atoms with Gasteiger partial charge in [0.25, 0.3) is 0 Å². The SMILES string of the molecule is CC[C@H](C)N(CC(=O)N(CC(=O)N(CC(=O)N(CC(=O)N(CCC(=O)O)CC(=O)N(CC(=O)N(CC(N)=O)[C@@H](C)c1ccccc1)[C@@H](C)c1ccccc1)[C@@H](C)c1ccccc1)[C@@H](C)c1ccccc1)[C@@H](C)CC)C(=O)CNCCCCN. The van der Waals surface area contributed by atoms with E-state index in [4.69, 9.17) is 11.5 Å². The molecule has 450 valence electrons. The Bertz CT molecular complexity index is 2720. The van der Waals surface area contributed by atoms with Gasteiger partial charge < -0.3 is 56.2 Å². The summed E-state index contributed by atoms with van der Waals surface area (Å²) in [5.41, 5.74) is 14.0. The molecule has 4 rings (SSSR count). The molecule has 20 nitrogen and oxygen atoms in total. The summed E-state index contributed by atoms with van der Waals surface area (Å²) in [7, 11) is 0. The molecule has 0 aliphatic heterocycles. The first kappa shape index (κ1) is 67.5. The molecule has 0 aliphatic rings. The zero-order chi connectivity index (χ0) is 61.2. The number of carbonyl (C=O) groups excluding carboxylic acids is 8.